The molecule has 0 radical (unpaired) electrons. The molecule has 2 aliphatic heterocycles. The summed E-state index contributed by atoms with van der Waals surface area (Å²) >= 11 is 0. The number of benzene rings is 2. The van der Waals surface area contributed by atoms with Gasteiger partial charge in [0.25, 0.3) is 0 Å². The fraction of sp³-hybridized carbons (Fsp3) is 0.559. The second-order valence-corrected chi connectivity index (χ2v) is 12.8. The Hall–Kier alpha value is -3.35. The summed E-state index contributed by atoms with van der Waals surface area (Å²) in [6.07, 6.45) is 2.76. The molecule has 0 spiro atoms. The van der Waals surface area contributed by atoms with Crippen molar-refractivity contribution in [3.63, 3.8) is 0 Å². The second kappa shape index (κ2) is 16.3. The summed E-state index contributed by atoms with van der Waals surface area (Å²) in [6.45, 7) is 7.35. The normalized spacial score (nSPS) is 22.2. The van der Waals surface area contributed by atoms with Crippen molar-refractivity contribution in [3.05, 3.63) is 70.8 Å². The van der Waals surface area contributed by atoms with Gasteiger partial charge in [0.15, 0.2) is 6.29 Å². The van der Waals surface area contributed by atoms with Crippen molar-refractivity contribution in [2.75, 3.05) is 13.1 Å². The predicted octanol–water partition coefficient (Wildman–Crippen LogP) is 4.21. The number of aliphatic hydroxyl groups excluding tert-OH is 1. The number of amides is 2. The number of rotatable bonds is 13. The van der Waals surface area contributed by atoms with Gasteiger partial charge in [0.1, 0.15) is 11.6 Å². The van der Waals surface area contributed by atoms with E-state index in [1.54, 1.807) is 5.48 Å². The zero-order chi connectivity index (χ0) is 32.4. The van der Waals surface area contributed by atoms with Gasteiger partial charge in [0.05, 0.1) is 18.8 Å². The molecule has 2 aromatic carbocycles. The van der Waals surface area contributed by atoms with Crippen molar-refractivity contribution in [1.82, 2.24) is 15.7 Å². The molecule has 4 atom stereocenters. The molecule has 2 aromatic rings. The largest absolute Gasteiger partial charge is 0.459 e. The van der Waals surface area contributed by atoms with Crippen LogP contribution in [-0.2, 0) is 41.7 Å². The lowest BCUT2D eigenvalue weighted by Crippen LogP contribution is -2.45. The number of esters is 1. The summed E-state index contributed by atoms with van der Waals surface area (Å²) in [5.74, 6) is -0.761. The molecule has 0 aliphatic carbocycles. The number of hydroxylamine groups is 1. The number of unbranched alkanes of at least 4 members (excludes halogenated alkanes) is 1. The molecule has 11 nitrogen and oxygen atoms in total. The van der Waals surface area contributed by atoms with E-state index < -0.39 is 17.8 Å². The molecule has 0 saturated carbocycles. The summed E-state index contributed by atoms with van der Waals surface area (Å²) in [6, 6.07) is 15.2. The van der Waals surface area contributed by atoms with E-state index in [-0.39, 0.29) is 43.2 Å². The average molecular weight is 626 g/mol. The van der Waals surface area contributed by atoms with E-state index in [1.807, 2.05) is 69.3 Å². The molecule has 4 N–H and O–H groups in total. The first kappa shape index (κ1) is 34.5. The minimum Gasteiger partial charge on any atom is -0.459 e. The number of hydrogen-bond acceptors (Lipinski definition) is 9. The van der Waals surface area contributed by atoms with E-state index in [9.17, 15) is 19.5 Å². The summed E-state index contributed by atoms with van der Waals surface area (Å²) in [5.41, 5.74) is 4.63. The van der Waals surface area contributed by atoms with Crippen molar-refractivity contribution in [3.8, 4) is 0 Å². The Bertz CT molecular complexity index is 1260. The molecule has 45 heavy (non-hydrogen) atoms. The van der Waals surface area contributed by atoms with Gasteiger partial charge in [-0.25, -0.2) is 5.48 Å². The number of carbonyl (C=O) groups excluding carboxylic acids is 3. The van der Waals surface area contributed by atoms with Crippen LogP contribution >= 0.6 is 0 Å². The molecule has 0 aromatic heterocycles. The van der Waals surface area contributed by atoms with E-state index in [2.05, 4.69) is 10.2 Å². The van der Waals surface area contributed by atoms with Crippen LogP contribution in [0.5, 0.6) is 0 Å². The fourth-order valence-corrected chi connectivity index (χ4v) is 5.68. The van der Waals surface area contributed by atoms with Crippen molar-refractivity contribution in [2.24, 2.45) is 0 Å². The van der Waals surface area contributed by atoms with Crippen molar-refractivity contribution < 1.29 is 38.9 Å². The lowest BCUT2D eigenvalue weighted by atomic mass is 9.99. The average Bonchev–Trinajstić information content (AvgIpc) is 3.49. The van der Waals surface area contributed by atoms with Gasteiger partial charge in [-0.2, -0.15) is 0 Å². The molecule has 0 unspecified atom stereocenters. The summed E-state index contributed by atoms with van der Waals surface area (Å²) in [7, 11) is 0. The quantitative estimate of drug-likeness (QED) is 0.111. The number of hydrogen-bond donors (Lipinski definition) is 4. The summed E-state index contributed by atoms with van der Waals surface area (Å²) in [4.78, 5) is 38.5. The number of nitrogens with zero attached hydrogens (tertiary/aromatic N) is 1. The van der Waals surface area contributed by atoms with Gasteiger partial charge in [-0.15, -0.1) is 0 Å². The predicted molar refractivity (Wildman–Crippen MR) is 166 cm³/mol. The van der Waals surface area contributed by atoms with Crippen molar-refractivity contribution >= 4 is 17.8 Å². The first-order valence-electron chi connectivity index (χ1n) is 15.8. The lowest BCUT2D eigenvalue weighted by Gasteiger charge is -2.38. The Labute approximate surface area is 265 Å². The molecule has 11 heteroatoms. The van der Waals surface area contributed by atoms with E-state index in [0.29, 0.717) is 38.8 Å². The Kier molecular flexibility index (Phi) is 12.5. The zero-order valence-corrected chi connectivity index (χ0v) is 26.5. The van der Waals surface area contributed by atoms with Crippen molar-refractivity contribution in [2.45, 2.75) is 109 Å². The highest BCUT2D eigenvalue weighted by Gasteiger charge is 2.38. The standard InChI is InChI=1S/C34H47N3O8/c1-34(2,3)45-32(41)28-7-6-18-37(28)21-27-19-29(25-14-12-24(22-38)13-15-25)44-33(43-27)26-16-10-23(11-17-26)20-35-30(39)8-4-5-9-31(40)36-42/h10-17,27-29,33,38,42H,4-9,18-22H2,1-3H3,(H,35,39)(H,36,40)/t27-,28+,29+,33+/m1/s1. The maximum atomic E-state index is 13.0. The number of likely N-dealkylation sites (tertiary alicyclic amines) is 1. The van der Waals surface area contributed by atoms with Gasteiger partial charge in [0, 0.05) is 37.9 Å². The molecule has 2 fully saturated rings. The van der Waals surface area contributed by atoms with Crippen LogP contribution < -0.4 is 10.8 Å². The van der Waals surface area contributed by atoms with Crippen molar-refractivity contribution in [1.29, 1.82) is 0 Å². The maximum absolute atomic E-state index is 13.0. The second-order valence-electron chi connectivity index (χ2n) is 12.8. The van der Waals surface area contributed by atoms with Crippen LogP contribution in [0.2, 0.25) is 0 Å². The number of carbonyl (C=O) groups is 3. The number of ether oxygens (including phenoxy) is 3. The molecule has 246 valence electrons. The topological polar surface area (TPSA) is 147 Å². The lowest BCUT2D eigenvalue weighted by molar-refractivity contribution is -0.253. The Morgan fingerprint density at radius 1 is 0.933 bits per heavy atom. The molecule has 4 rings (SSSR count). The Balaban J connectivity index is 1.40. The van der Waals surface area contributed by atoms with Gasteiger partial charge >= 0.3 is 5.97 Å². The first-order chi connectivity index (χ1) is 21.5. The molecular weight excluding hydrogens is 578 g/mol. The summed E-state index contributed by atoms with van der Waals surface area (Å²) < 4.78 is 18.7. The third kappa shape index (κ3) is 10.6. The van der Waals surface area contributed by atoms with E-state index in [4.69, 9.17) is 19.4 Å². The molecule has 0 bridgehead atoms. The van der Waals surface area contributed by atoms with Gasteiger partial charge in [0.2, 0.25) is 11.8 Å². The van der Waals surface area contributed by atoms with Gasteiger partial charge in [-0.3, -0.25) is 24.5 Å². The number of aliphatic hydroxyl groups is 1. The van der Waals surface area contributed by atoms with Gasteiger partial charge < -0.3 is 24.6 Å². The van der Waals surface area contributed by atoms with Gasteiger partial charge in [-0.1, -0.05) is 48.5 Å². The van der Waals surface area contributed by atoms with Crippen LogP contribution in [0, 0.1) is 0 Å². The van der Waals surface area contributed by atoms with Crippen LogP contribution in [0.25, 0.3) is 0 Å². The highest BCUT2D eigenvalue weighted by atomic mass is 16.7. The van der Waals surface area contributed by atoms with E-state index >= 15 is 0 Å². The molecule has 2 aliphatic rings. The fourth-order valence-electron chi connectivity index (χ4n) is 5.68. The van der Waals surface area contributed by atoms with Crippen LogP contribution in [0.1, 0.15) is 100 Å². The van der Waals surface area contributed by atoms with E-state index in [1.165, 1.54) is 0 Å². The first-order valence-corrected chi connectivity index (χ1v) is 15.8. The van der Waals surface area contributed by atoms with Crippen LogP contribution in [0.4, 0.5) is 0 Å². The highest BCUT2D eigenvalue weighted by Crippen LogP contribution is 2.39. The van der Waals surface area contributed by atoms with Crippen LogP contribution in [0.3, 0.4) is 0 Å². The maximum Gasteiger partial charge on any atom is 0.323 e. The summed E-state index contributed by atoms with van der Waals surface area (Å²) in [5, 5.41) is 20.9. The zero-order valence-electron chi connectivity index (χ0n) is 26.5. The smallest absolute Gasteiger partial charge is 0.323 e. The van der Waals surface area contributed by atoms with Crippen LogP contribution in [0.15, 0.2) is 48.5 Å². The third-order valence-corrected chi connectivity index (χ3v) is 8.02. The molecule has 2 heterocycles. The van der Waals surface area contributed by atoms with E-state index in [0.717, 1.165) is 41.6 Å². The molecule has 2 amide bonds. The van der Waals surface area contributed by atoms with Gasteiger partial charge in [-0.05, 0) is 69.7 Å². The minimum absolute atomic E-state index is 0.0304. The minimum atomic E-state index is -0.631. The molecule has 2 saturated heterocycles. The monoisotopic (exact) mass is 625 g/mol. The third-order valence-electron chi connectivity index (χ3n) is 8.02. The molecular formula is C34H47N3O8. The Morgan fingerprint density at radius 2 is 1.58 bits per heavy atom. The van der Waals surface area contributed by atoms with Crippen LogP contribution in [-0.4, -0.2) is 63.8 Å². The number of nitrogens with one attached hydrogen (secondary N) is 2. The Morgan fingerprint density at radius 3 is 2.22 bits per heavy atom. The SMILES string of the molecule is CC(C)(C)OC(=O)[C@@H]1CCCN1C[C@H]1C[C@@H](c2ccc(CO)cc2)O[C@@H](c2ccc(CNC(=O)CCCCC(=O)NO)cc2)O1. The highest BCUT2D eigenvalue weighted by molar-refractivity contribution is 5.77.